The average Bonchev–Trinajstić information content (AvgIpc) is 3.27. The van der Waals surface area contributed by atoms with Crippen molar-refractivity contribution >= 4 is 17.5 Å². The molecule has 0 saturated heterocycles. The van der Waals surface area contributed by atoms with Crippen molar-refractivity contribution < 1.29 is 33.7 Å². The molecule has 0 radical (unpaired) electrons. The third-order valence-electron chi connectivity index (χ3n) is 13.2. The van der Waals surface area contributed by atoms with Crippen LogP contribution in [0, 0.1) is 23.6 Å². The zero-order chi connectivity index (χ0) is 44.9. The lowest BCUT2D eigenvalue weighted by molar-refractivity contribution is -0.223. The number of fused-ring (bicyclic) bond motifs is 2. The first-order valence-corrected chi connectivity index (χ1v) is 25.9. The van der Waals surface area contributed by atoms with Crippen LogP contribution < -0.4 is 9.47 Å². The van der Waals surface area contributed by atoms with E-state index in [1.165, 1.54) is 89.5 Å². The van der Waals surface area contributed by atoms with Crippen LogP contribution in [-0.4, -0.2) is 58.1 Å². The topological polar surface area (TPSA) is 89.7 Å². The fourth-order valence-corrected chi connectivity index (χ4v) is 11.5. The number of hydrogen-bond donors (Lipinski definition) is 2. The van der Waals surface area contributed by atoms with E-state index in [4.69, 9.17) is 24.2 Å². The molecule has 3 aliphatic rings. The number of thioether (sulfide) groups is 1. The molecule has 6 atom stereocenters. The van der Waals surface area contributed by atoms with Gasteiger partial charge in [0.2, 0.25) is 5.79 Å². The Hall–Kier alpha value is -2.85. The second-order valence-corrected chi connectivity index (χ2v) is 20.6. The van der Waals surface area contributed by atoms with Crippen LogP contribution in [0.5, 0.6) is 11.5 Å². The Labute approximate surface area is 385 Å². The maximum Gasteiger partial charge on any atom is 0.230 e. The van der Waals surface area contributed by atoms with Gasteiger partial charge in [-0.25, -0.2) is 4.39 Å². The van der Waals surface area contributed by atoms with Crippen LogP contribution in [-0.2, 0) is 16.2 Å². The maximum absolute atomic E-state index is 14.7. The van der Waals surface area contributed by atoms with Crippen molar-refractivity contribution in [3.05, 3.63) is 83.7 Å². The first kappa shape index (κ1) is 51.1. The van der Waals surface area contributed by atoms with Gasteiger partial charge in [-0.15, -0.1) is 6.58 Å². The largest absolute Gasteiger partial charge is 0.489 e. The van der Waals surface area contributed by atoms with Crippen molar-refractivity contribution in [1.82, 2.24) is 0 Å². The van der Waals surface area contributed by atoms with Crippen LogP contribution in [0.15, 0.2) is 71.9 Å². The monoisotopic (exact) mass is 892 g/mol. The molecule has 1 saturated carbocycles. The van der Waals surface area contributed by atoms with Crippen molar-refractivity contribution in [3.63, 3.8) is 0 Å². The molecule has 9 heteroatoms. The molecule has 1 aliphatic heterocycles. The number of benzene rings is 2. The summed E-state index contributed by atoms with van der Waals surface area (Å²) >= 11 is 1.95. The molecule has 1 fully saturated rings. The molecule has 2 aromatic carbocycles. The normalized spacial score (nSPS) is 23.4. The summed E-state index contributed by atoms with van der Waals surface area (Å²) in [4.78, 5) is 6.27. The quantitative estimate of drug-likeness (QED) is 0.0443. The van der Waals surface area contributed by atoms with Crippen molar-refractivity contribution in [2.45, 2.75) is 192 Å². The lowest BCUT2D eigenvalue weighted by Crippen LogP contribution is -2.64. The molecule has 0 spiro atoms. The van der Waals surface area contributed by atoms with Crippen molar-refractivity contribution in [2.75, 3.05) is 25.6 Å². The number of hydrogen-bond acceptors (Lipinski definition) is 8. The Balaban J connectivity index is 1.43. The van der Waals surface area contributed by atoms with E-state index in [2.05, 4.69) is 25.6 Å². The highest BCUT2D eigenvalue weighted by atomic mass is 32.2. The summed E-state index contributed by atoms with van der Waals surface area (Å²) < 4.78 is 35.5. The van der Waals surface area contributed by atoms with E-state index in [1.807, 2.05) is 56.8 Å². The van der Waals surface area contributed by atoms with E-state index < -0.39 is 11.4 Å². The average molecular weight is 892 g/mol. The van der Waals surface area contributed by atoms with Crippen LogP contribution >= 0.6 is 11.8 Å². The smallest absolute Gasteiger partial charge is 0.230 e. The van der Waals surface area contributed by atoms with Crippen LogP contribution in [0.25, 0.3) is 0 Å². The van der Waals surface area contributed by atoms with E-state index in [1.54, 1.807) is 12.1 Å². The zero-order valence-electron chi connectivity index (χ0n) is 39.4. The number of nitrogens with zero attached hydrogens (tertiary/aromatic N) is 1. The fraction of sp³-hybridized carbons (Fsp3) is 0.685. The fourth-order valence-electron chi connectivity index (χ4n) is 10.1. The maximum atomic E-state index is 14.7. The van der Waals surface area contributed by atoms with Crippen LogP contribution in [0.2, 0.25) is 0 Å². The molecule has 6 unspecified atom stereocenters. The lowest BCUT2D eigenvalue weighted by atomic mass is 9.56. The molecule has 5 rings (SSSR count). The molecule has 1 heterocycles. The molecular weight excluding hydrogens is 810 g/mol. The SMILES string of the molecule is C=CCOC12Oc3ccc(OCc4ccccc4F)cc3C3C(CCCCO)C(CCCCO)C=C(C(=NOC(C)(C)C)CC1SCCCCCCCCCCCCCCCC)C32. The van der Waals surface area contributed by atoms with E-state index in [0.717, 1.165) is 73.3 Å². The molecule has 0 bridgehead atoms. The van der Waals surface area contributed by atoms with Gasteiger partial charge in [-0.3, -0.25) is 0 Å². The summed E-state index contributed by atoms with van der Waals surface area (Å²) in [5.74, 6) is 1.30. The molecule has 2 aliphatic carbocycles. The number of aliphatic hydroxyl groups excluding tert-OH is 2. The van der Waals surface area contributed by atoms with Gasteiger partial charge in [-0.2, -0.15) is 11.8 Å². The first-order valence-electron chi connectivity index (χ1n) is 24.9. The van der Waals surface area contributed by atoms with Crippen LogP contribution in [0.4, 0.5) is 4.39 Å². The summed E-state index contributed by atoms with van der Waals surface area (Å²) in [5.41, 5.74) is 3.17. The summed E-state index contributed by atoms with van der Waals surface area (Å²) in [6.45, 7) is 13.2. The van der Waals surface area contributed by atoms with Crippen molar-refractivity contribution in [1.29, 1.82) is 0 Å². The van der Waals surface area contributed by atoms with E-state index in [9.17, 15) is 14.6 Å². The van der Waals surface area contributed by atoms with E-state index in [0.29, 0.717) is 24.3 Å². The summed E-state index contributed by atoms with van der Waals surface area (Å²) in [6.07, 6.45) is 28.6. The predicted molar refractivity (Wildman–Crippen MR) is 259 cm³/mol. The standard InChI is InChI=1S/C54H82FNO6S/c1-6-8-9-10-11-12-13-14-15-16-17-18-19-26-36-63-50-39-48(56-62-53(3,4)5)45-37-41(27-22-24-33-57)44(29-23-25-34-58)51-46-38-43(59-40-42-28-20-21-30-47(42)55)31-32-49(46)61-54(50,52(45)51)60-35-7-2/h7,20-21,28,30-32,37-38,41,44,50-52,57-58H,2,6,8-19,22-27,29,33-36,39-40H2,1,3-5H3. The summed E-state index contributed by atoms with van der Waals surface area (Å²) in [7, 11) is 0. The second-order valence-electron chi connectivity index (χ2n) is 19.3. The van der Waals surface area contributed by atoms with Gasteiger partial charge in [0.25, 0.3) is 0 Å². The lowest BCUT2D eigenvalue weighted by Gasteiger charge is -2.58. The van der Waals surface area contributed by atoms with Crippen molar-refractivity contribution in [2.24, 2.45) is 22.9 Å². The van der Waals surface area contributed by atoms with E-state index >= 15 is 0 Å². The number of rotatable bonds is 31. The van der Waals surface area contributed by atoms with Crippen molar-refractivity contribution in [3.8, 4) is 11.5 Å². The van der Waals surface area contributed by atoms with Gasteiger partial charge in [0.15, 0.2) is 0 Å². The van der Waals surface area contributed by atoms with Gasteiger partial charge >= 0.3 is 0 Å². The van der Waals surface area contributed by atoms with Gasteiger partial charge < -0.3 is 29.3 Å². The molecule has 2 N–H and O–H groups in total. The minimum Gasteiger partial charge on any atom is -0.489 e. The number of allylic oxidation sites excluding steroid dienone is 1. The minimum absolute atomic E-state index is 0.0299. The highest BCUT2D eigenvalue weighted by Crippen LogP contribution is 2.62. The Bertz CT molecular complexity index is 1710. The molecule has 2 aromatic rings. The summed E-state index contributed by atoms with van der Waals surface area (Å²) in [5, 5.41) is 24.7. The number of ether oxygens (including phenoxy) is 3. The second kappa shape index (κ2) is 26.9. The zero-order valence-corrected chi connectivity index (χ0v) is 40.3. The molecule has 7 nitrogen and oxygen atoms in total. The molecule has 63 heavy (non-hydrogen) atoms. The molecular formula is C54H82FNO6S. The third-order valence-corrected chi connectivity index (χ3v) is 14.6. The van der Waals surface area contributed by atoms with Crippen LogP contribution in [0.1, 0.15) is 180 Å². The molecule has 352 valence electrons. The Morgan fingerprint density at radius 1 is 0.857 bits per heavy atom. The Morgan fingerprint density at radius 2 is 1.51 bits per heavy atom. The Morgan fingerprint density at radius 3 is 2.14 bits per heavy atom. The van der Waals surface area contributed by atoms with E-state index in [-0.39, 0.29) is 54.6 Å². The molecule has 0 aromatic heterocycles. The number of unbranched alkanes of at least 4 members (excludes halogenated alkanes) is 15. The minimum atomic E-state index is -1.00. The van der Waals surface area contributed by atoms with Gasteiger partial charge in [0, 0.05) is 36.7 Å². The number of halogens is 1. The van der Waals surface area contributed by atoms with Gasteiger partial charge in [0.1, 0.15) is 29.5 Å². The number of aliphatic hydroxyl groups is 2. The number of oxime groups is 1. The van der Waals surface area contributed by atoms with Gasteiger partial charge in [-0.05, 0) is 100 Å². The predicted octanol–water partition coefficient (Wildman–Crippen LogP) is 14.1. The third kappa shape index (κ3) is 15.1. The molecule has 0 amide bonds. The highest BCUT2D eigenvalue weighted by Gasteiger charge is 2.64. The summed E-state index contributed by atoms with van der Waals surface area (Å²) in [6, 6.07) is 12.8. The van der Waals surface area contributed by atoms with Crippen LogP contribution in [0.3, 0.4) is 0 Å². The highest BCUT2D eigenvalue weighted by molar-refractivity contribution is 8.00. The van der Waals surface area contributed by atoms with Gasteiger partial charge in [-0.1, -0.05) is 139 Å². The Kier molecular flexibility index (Phi) is 21.9. The van der Waals surface area contributed by atoms with Gasteiger partial charge in [0.05, 0.1) is 23.5 Å². The first-order chi connectivity index (χ1) is 30.7.